The van der Waals surface area contributed by atoms with E-state index in [1.807, 2.05) is 140 Å². The van der Waals surface area contributed by atoms with Gasteiger partial charge in [-0.3, -0.25) is 9.59 Å². The highest BCUT2D eigenvalue weighted by Crippen LogP contribution is 2.44. The van der Waals surface area contributed by atoms with E-state index in [-0.39, 0.29) is 39.0 Å². The van der Waals surface area contributed by atoms with Crippen molar-refractivity contribution in [2.45, 2.75) is 69.2 Å². The lowest BCUT2D eigenvalue weighted by molar-refractivity contribution is -0.230. The van der Waals surface area contributed by atoms with Gasteiger partial charge in [0.1, 0.15) is 31.0 Å². The molecule has 1 aliphatic carbocycles. The van der Waals surface area contributed by atoms with Crippen LogP contribution >= 0.6 is 0 Å². The zero-order valence-corrected chi connectivity index (χ0v) is 33.7. The zero-order valence-electron chi connectivity index (χ0n) is 33.7. The predicted molar refractivity (Wildman–Crippen MR) is 225 cm³/mol. The van der Waals surface area contributed by atoms with E-state index in [4.69, 9.17) is 23.7 Å². The van der Waals surface area contributed by atoms with Crippen LogP contribution in [0, 0.1) is 0 Å². The number of alkyl carbamates (subject to hydrolysis) is 1. The fourth-order valence-corrected chi connectivity index (χ4v) is 7.78. The molecule has 4 N–H and O–H groups in total. The van der Waals surface area contributed by atoms with Gasteiger partial charge in [-0.25, -0.2) is 9.59 Å². The summed E-state index contributed by atoms with van der Waals surface area (Å²) in [6.45, 7) is 1.27. The molecule has 1 aliphatic heterocycles. The van der Waals surface area contributed by atoms with Gasteiger partial charge < -0.3 is 44.7 Å². The number of nitrogens with one attached hydrogen (secondary N) is 3. The van der Waals surface area contributed by atoms with E-state index in [9.17, 15) is 24.3 Å². The summed E-state index contributed by atoms with van der Waals surface area (Å²) in [7, 11) is 0. The molecule has 61 heavy (non-hydrogen) atoms. The van der Waals surface area contributed by atoms with Crippen molar-refractivity contribution in [2.24, 2.45) is 0 Å². The number of carboxylic acid groups (broad SMARTS) is 1. The number of benzene rings is 5. The Morgan fingerprint density at radius 3 is 1.70 bits per heavy atom. The van der Waals surface area contributed by atoms with Crippen molar-refractivity contribution in [1.82, 2.24) is 16.0 Å². The first-order valence-electron chi connectivity index (χ1n) is 20.2. The number of hydrogen-bond acceptors (Lipinski definition) is 9. The Balaban J connectivity index is 1.08. The third-order valence-corrected chi connectivity index (χ3v) is 10.7. The third-order valence-electron chi connectivity index (χ3n) is 10.7. The number of fused-ring (bicyclic) bond motifs is 3. The van der Waals surface area contributed by atoms with E-state index in [0.29, 0.717) is 0 Å². The molecule has 5 aromatic carbocycles. The minimum absolute atomic E-state index is 0.0167. The lowest BCUT2D eigenvalue weighted by Crippen LogP contribution is -2.68. The average Bonchev–Trinajstić information content (AvgIpc) is 3.60. The Kier molecular flexibility index (Phi) is 14.5. The molecule has 316 valence electrons. The number of carboxylic acids is 1. The van der Waals surface area contributed by atoms with E-state index < -0.39 is 66.9 Å². The van der Waals surface area contributed by atoms with Gasteiger partial charge in [0.15, 0.2) is 6.10 Å². The molecule has 13 nitrogen and oxygen atoms in total. The van der Waals surface area contributed by atoms with Gasteiger partial charge in [-0.05, 0) is 38.9 Å². The molecule has 7 rings (SSSR count). The Labute approximate surface area is 354 Å². The van der Waals surface area contributed by atoms with Gasteiger partial charge in [-0.2, -0.15) is 0 Å². The summed E-state index contributed by atoms with van der Waals surface area (Å²) in [4.78, 5) is 52.6. The quantitative estimate of drug-likeness (QED) is 0.0853. The summed E-state index contributed by atoms with van der Waals surface area (Å²) in [5, 5.41) is 18.0. The molecular formula is C48H49N3O10. The van der Waals surface area contributed by atoms with Gasteiger partial charge in [0, 0.05) is 19.4 Å². The minimum Gasteiger partial charge on any atom is -0.480 e. The standard InChI is InChI=1S/C48H49N3O10/c1-31(52)50-42-44(59-28-34-19-9-4-10-20-34)43(58-27-33-17-7-3-8-18-33)41(30-57-26-32-15-5-2-6-16-32)61-45(42)46(53)49-25-40(47(54)55)51-48(56)60-29-39-37-23-13-11-21-35(37)36-22-12-14-24-38(36)39/h2-24,39-45H,25-30H2,1H3,(H,49,53)(H,50,52)(H,51,56)(H,54,55)/t40-,41+,42+,43+,44+,45+/m0/s1. The first kappa shape index (κ1) is 42.7. The van der Waals surface area contributed by atoms with Crippen molar-refractivity contribution in [3.63, 3.8) is 0 Å². The largest absolute Gasteiger partial charge is 0.480 e. The lowest BCUT2D eigenvalue weighted by atomic mass is 9.91. The second-order valence-corrected chi connectivity index (χ2v) is 15.0. The van der Waals surface area contributed by atoms with Crippen LogP contribution in [0.2, 0.25) is 0 Å². The van der Waals surface area contributed by atoms with Gasteiger partial charge in [-0.15, -0.1) is 0 Å². The molecule has 5 aromatic rings. The van der Waals surface area contributed by atoms with E-state index in [2.05, 4.69) is 16.0 Å². The molecule has 1 saturated heterocycles. The molecule has 0 bridgehead atoms. The normalized spacial score (nSPS) is 19.8. The molecule has 0 aromatic heterocycles. The first-order valence-corrected chi connectivity index (χ1v) is 20.2. The van der Waals surface area contributed by atoms with E-state index in [1.54, 1.807) is 0 Å². The van der Waals surface area contributed by atoms with Crippen LogP contribution < -0.4 is 16.0 Å². The number of aliphatic carboxylic acids is 1. The SMILES string of the molecule is CC(=O)N[C@@H]1[C@@H](OCc2ccccc2)[C@H](OCc2ccccc2)[C@@H](COCc2ccccc2)O[C@H]1C(=O)NC[C@H](NC(=O)OCC1c2ccccc2-c2ccccc21)C(=O)O. The molecule has 0 radical (unpaired) electrons. The van der Waals surface area contributed by atoms with Gasteiger partial charge in [0.25, 0.3) is 5.91 Å². The topological polar surface area (TPSA) is 171 Å². The number of carbonyl (C=O) groups is 4. The molecule has 0 spiro atoms. The molecule has 1 heterocycles. The third kappa shape index (κ3) is 11.1. The molecule has 0 saturated carbocycles. The highest BCUT2D eigenvalue weighted by molar-refractivity contribution is 5.85. The van der Waals surface area contributed by atoms with Crippen molar-refractivity contribution in [3.05, 3.63) is 167 Å². The second kappa shape index (κ2) is 20.7. The van der Waals surface area contributed by atoms with E-state index in [1.165, 1.54) is 6.92 Å². The summed E-state index contributed by atoms with van der Waals surface area (Å²) >= 11 is 0. The summed E-state index contributed by atoms with van der Waals surface area (Å²) in [6, 6.07) is 41.6. The van der Waals surface area contributed by atoms with Gasteiger partial charge in [-0.1, -0.05) is 140 Å². The Morgan fingerprint density at radius 1 is 0.656 bits per heavy atom. The summed E-state index contributed by atoms with van der Waals surface area (Å²) in [5.74, 6) is -2.84. The Morgan fingerprint density at radius 2 is 1.16 bits per heavy atom. The number of amides is 3. The second-order valence-electron chi connectivity index (χ2n) is 15.0. The molecule has 2 aliphatic rings. The summed E-state index contributed by atoms with van der Waals surface area (Å²) in [5.41, 5.74) is 6.75. The van der Waals surface area contributed by atoms with Crippen LogP contribution in [0.1, 0.15) is 40.7 Å². The van der Waals surface area contributed by atoms with Gasteiger partial charge >= 0.3 is 12.1 Å². The number of hydrogen-bond donors (Lipinski definition) is 4. The highest BCUT2D eigenvalue weighted by atomic mass is 16.6. The van der Waals surface area contributed by atoms with Crippen molar-refractivity contribution in [3.8, 4) is 11.1 Å². The average molecular weight is 828 g/mol. The maximum atomic E-state index is 14.2. The van der Waals surface area contributed by atoms with Gasteiger partial charge in [0.05, 0.1) is 32.5 Å². The predicted octanol–water partition coefficient (Wildman–Crippen LogP) is 5.75. The highest BCUT2D eigenvalue weighted by Gasteiger charge is 2.50. The van der Waals surface area contributed by atoms with Crippen LogP contribution in [0.5, 0.6) is 0 Å². The number of carbonyl (C=O) groups excluding carboxylic acids is 3. The maximum Gasteiger partial charge on any atom is 0.407 e. The minimum atomic E-state index is -1.57. The number of ether oxygens (including phenoxy) is 5. The van der Waals surface area contributed by atoms with Crippen molar-refractivity contribution in [2.75, 3.05) is 19.8 Å². The van der Waals surface area contributed by atoms with Crippen LogP contribution in [0.3, 0.4) is 0 Å². The molecule has 1 fully saturated rings. The summed E-state index contributed by atoms with van der Waals surface area (Å²) < 4.78 is 31.3. The van der Waals surface area contributed by atoms with E-state index >= 15 is 0 Å². The van der Waals surface area contributed by atoms with Crippen LogP contribution in [0.15, 0.2) is 140 Å². The summed E-state index contributed by atoms with van der Waals surface area (Å²) in [6.07, 6.45) is -5.03. The molecule has 3 amide bonds. The smallest absolute Gasteiger partial charge is 0.407 e. The van der Waals surface area contributed by atoms with Crippen LogP contribution in [-0.2, 0) is 57.9 Å². The lowest BCUT2D eigenvalue weighted by Gasteiger charge is -2.46. The first-order chi connectivity index (χ1) is 29.7. The maximum absolute atomic E-state index is 14.2. The number of rotatable bonds is 18. The Hall–Kier alpha value is -6.38. The fourth-order valence-electron chi connectivity index (χ4n) is 7.78. The van der Waals surface area contributed by atoms with Crippen molar-refractivity contribution < 1.29 is 48.0 Å². The van der Waals surface area contributed by atoms with Crippen molar-refractivity contribution in [1.29, 1.82) is 0 Å². The fraction of sp³-hybridized carbons (Fsp3) is 0.292. The molecule has 6 atom stereocenters. The Bertz CT molecular complexity index is 2200. The molecule has 0 unspecified atom stereocenters. The molecule has 13 heteroatoms. The zero-order chi connectivity index (χ0) is 42.6. The van der Waals surface area contributed by atoms with Crippen LogP contribution in [0.4, 0.5) is 4.79 Å². The van der Waals surface area contributed by atoms with Crippen LogP contribution in [-0.4, -0.2) is 85.2 Å². The van der Waals surface area contributed by atoms with Gasteiger partial charge in [0.2, 0.25) is 5.91 Å². The monoisotopic (exact) mass is 827 g/mol. The van der Waals surface area contributed by atoms with Crippen LogP contribution in [0.25, 0.3) is 11.1 Å². The molecular weight excluding hydrogens is 779 g/mol. The van der Waals surface area contributed by atoms with Crippen molar-refractivity contribution >= 4 is 23.9 Å². The van der Waals surface area contributed by atoms with E-state index in [0.717, 1.165) is 38.9 Å².